The summed E-state index contributed by atoms with van der Waals surface area (Å²) in [5.41, 5.74) is 0. The number of aromatic nitrogens is 1. The molecule has 1 fully saturated rings. The molecule has 5 nitrogen and oxygen atoms in total. The molecule has 0 spiro atoms. The quantitative estimate of drug-likeness (QED) is 0.839. The van der Waals surface area contributed by atoms with E-state index in [1.807, 2.05) is 0 Å². The maximum absolute atomic E-state index is 12.8. The van der Waals surface area contributed by atoms with Crippen LogP contribution in [0.1, 0.15) is 33.1 Å². The summed E-state index contributed by atoms with van der Waals surface area (Å²) in [5.74, 6) is 1.07. The first-order chi connectivity index (χ1) is 9.45. The summed E-state index contributed by atoms with van der Waals surface area (Å²) in [6.07, 6.45) is 4.37. The van der Waals surface area contributed by atoms with Gasteiger partial charge in [-0.3, -0.25) is 0 Å². The second-order valence-corrected chi connectivity index (χ2v) is 7.55. The van der Waals surface area contributed by atoms with E-state index in [1.54, 1.807) is 23.5 Å². The highest BCUT2D eigenvalue weighted by Crippen LogP contribution is 2.32. The lowest BCUT2D eigenvalue weighted by molar-refractivity contribution is 0.373. The Bertz CT molecular complexity index is 553. The van der Waals surface area contributed by atoms with Gasteiger partial charge in [-0.2, -0.15) is 4.31 Å². The number of hydrogen-bond acceptors (Lipinski definition) is 4. The van der Waals surface area contributed by atoms with E-state index in [9.17, 15) is 8.42 Å². The molecule has 0 saturated heterocycles. The van der Waals surface area contributed by atoms with Gasteiger partial charge in [-0.1, -0.05) is 13.8 Å². The molecular formula is C14H23N3O2S. The van der Waals surface area contributed by atoms with Crippen molar-refractivity contribution in [2.75, 3.05) is 18.9 Å². The van der Waals surface area contributed by atoms with Crippen LogP contribution in [0.4, 0.5) is 5.82 Å². The smallest absolute Gasteiger partial charge is 0.243 e. The normalized spacial score (nSPS) is 15.8. The Labute approximate surface area is 121 Å². The van der Waals surface area contributed by atoms with Crippen LogP contribution in [0, 0.1) is 5.92 Å². The minimum Gasteiger partial charge on any atom is -0.373 e. The number of sulfonamides is 1. The summed E-state index contributed by atoms with van der Waals surface area (Å²) in [6, 6.07) is 3.35. The Morgan fingerprint density at radius 1 is 1.45 bits per heavy atom. The van der Waals surface area contributed by atoms with Gasteiger partial charge in [-0.25, -0.2) is 13.4 Å². The first-order valence-electron chi connectivity index (χ1n) is 7.11. The fourth-order valence-electron chi connectivity index (χ4n) is 2.09. The summed E-state index contributed by atoms with van der Waals surface area (Å²) >= 11 is 0. The Morgan fingerprint density at radius 2 is 2.15 bits per heavy atom. The highest BCUT2D eigenvalue weighted by Gasteiger charge is 2.37. The minimum absolute atomic E-state index is 0.185. The number of pyridine rings is 1. The summed E-state index contributed by atoms with van der Waals surface area (Å²) in [4.78, 5) is 4.40. The van der Waals surface area contributed by atoms with E-state index < -0.39 is 10.0 Å². The van der Waals surface area contributed by atoms with Gasteiger partial charge >= 0.3 is 0 Å². The van der Waals surface area contributed by atoms with Gasteiger partial charge in [-0.15, -0.1) is 0 Å². The van der Waals surface area contributed by atoms with Gasteiger partial charge in [0.1, 0.15) is 5.82 Å². The molecule has 1 heterocycles. The fraction of sp³-hybridized carbons (Fsp3) is 0.643. The van der Waals surface area contributed by atoms with E-state index in [-0.39, 0.29) is 6.04 Å². The molecule has 0 unspecified atom stereocenters. The van der Waals surface area contributed by atoms with Crippen LogP contribution in [0.25, 0.3) is 0 Å². The maximum atomic E-state index is 12.8. The van der Waals surface area contributed by atoms with Gasteiger partial charge in [-0.05, 0) is 31.2 Å². The number of rotatable bonds is 7. The van der Waals surface area contributed by atoms with Crippen molar-refractivity contribution in [1.82, 2.24) is 9.29 Å². The highest BCUT2D eigenvalue weighted by atomic mass is 32.2. The van der Waals surface area contributed by atoms with Gasteiger partial charge < -0.3 is 5.32 Å². The number of nitrogens with one attached hydrogen (secondary N) is 1. The maximum Gasteiger partial charge on any atom is 0.243 e. The van der Waals surface area contributed by atoms with Crippen LogP contribution in [0.15, 0.2) is 23.2 Å². The van der Waals surface area contributed by atoms with E-state index in [1.165, 1.54) is 6.20 Å². The predicted octanol–water partition coefficient (Wildman–Crippen LogP) is 2.32. The van der Waals surface area contributed by atoms with Crippen LogP contribution in [-0.2, 0) is 10.0 Å². The molecule has 112 valence electrons. The third kappa shape index (κ3) is 3.49. The third-order valence-corrected chi connectivity index (χ3v) is 5.42. The zero-order chi connectivity index (χ0) is 14.8. The van der Waals surface area contributed by atoms with Gasteiger partial charge in [0.25, 0.3) is 0 Å². The van der Waals surface area contributed by atoms with E-state index in [0.29, 0.717) is 23.2 Å². The van der Waals surface area contributed by atoms with Crippen molar-refractivity contribution < 1.29 is 8.42 Å². The average molecular weight is 297 g/mol. The highest BCUT2D eigenvalue weighted by molar-refractivity contribution is 7.89. The average Bonchev–Trinajstić information content (AvgIpc) is 3.23. The lowest BCUT2D eigenvalue weighted by atomic mass is 10.1. The molecule has 20 heavy (non-hydrogen) atoms. The van der Waals surface area contributed by atoms with Crippen LogP contribution in [0.3, 0.4) is 0 Å². The molecule has 1 aliphatic rings. The number of nitrogens with zero attached hydrogens (tertiary/aromatic N) is 2. The van der Waals surface area contributed by atoms with Crippen LogP contribution >= 0.6 is 0 Å². The zero-order valence-corrected chi connectivity index (χ0v) is 13.2. The number of anilines is 1. The Hall–Kier alpha value is -1.14. The topological polar surface area (TPSA) is 62.3 Å². The molecule has 1 aliphatic carbocycles. The van der Waals surface area contributed by atoms with Crippen LogP contribution in [0.2, 0.25) is 0 Å². The van der Waals surface area contributed by atoms with Gasteiger partial charge in [0.05, 0.1) is 4.90 Å². The lowest BCUT2D eigenvalue weighted by Crippen LogP contribution is -2.34. The summed E-state index contributed by atoms with van der Waals surface area (Å²) in [7, 11) is -1.68. The molecule has 2 rings (SSSR count). The molecular weight excluding hydrogens is 274 g/mol. The van der Waals surface area contributed by atoms with E-state index in [4.69, 9.17) is 0 Å². The molecule has 0 aromatic carbocycles. The molecule has 1 aromatic heterocycles. The van der Waals surface area contributed by atoms with Crippen molar-refractivity contribution >= 4 is 15.8 Å². The third-order valence-electron chi connectivity index (χ3n) is 3.48. The second-order valence-electron chi connectivity index (χ2n) is 5.66. The summed E-state index contributed by atoms with van der Waals surface area (Å²) in [6.45, 7) is 4.83. The first kappa shape index (κ1) is 15.3. The molecule has 0 amide bonds. The first-order valence-corrected chi connectivity index (χ1v) is 8.55. The molecule has 0 bridgehead atoms. The molecule has 1 saturated carbocycles. The lowest BCUT2D eigenvalue weighted by Gasteiger charge is -2.23. The van der Waals surface area contributed by atoms with Crippen LogP contribution in [0.5, 0.6) is 0 Å². The SMILES string of the molecule is CNc1cc(S(=O)(=O)N(CCC(C)C)C2CC2)ccn1. The predicted molar refractivity (Wildman–Crippen MR) is 80.2 cm³/mol. The molecule has 1 aromatic rings. The monoisotopic (exact) mass is 297 g/mol. The van der Waals surface area contributed by atoms with Gasteiger partial charge in [0, 0.05) is 31.9 Å². The van der Waals surface area contributed by atoms with Crippen molar-refractivity contribution in [3.05, 3.63) is 18.3 Å². The van der Waals surface area contributed by atoms with E-state index >= 15 is 0 Å². The molecule has 6 heteroatoms. The van der Waals surface area contributed by atoms with Gasteiger partial charge in [0.15, 0.2) is 0 Å². The van der Waals surface area contributed by atoms with E-state index in [0.717, 1.165) is 19.3 Å². The van der Waals surface area contributed by atoms with Crippen molar-refractivity contribution in [1.29, 1.82) is 0 Å². The Balaban J connectivity index is 2.25. The molecule has 0 aliphatic heterocycles. The van der Waals surface area contributed by atoms with Crippen molar-refractivity contribution in [3.63, 3.8) is 0 Å². The zero-order valence-electron chi connectivity index (χ0n) is 12.3. The van der Waals surface area contributed by atoms with Crippen molar-refractivity contribution in [3.8, 4) is 0 Å². The van der Waals surface area contributed by atoms with Crippen LogP contribution < -0.4 is 5.32 Å². The standard InChI is InChI=1S/C14H23N3O2S/c1-11(2)7-9-17(12-4-5-12)20(18,19)13-6-8-16-14(10-13)15-3/h6,8,10-12H,4-5,7,9H2,1-3H3,(H,15,16). The summed E-state index contributed by atoms with van der Waals surface area (Å²) in [5, 5.41) is 2.88. The van der Waals surface area contributed by atoms with Crippen LogP contribution in [-0.4, -0.2) is 37.3 Å². The van der Waals surface area contributed by atoms with E-state index in [2.05, 4.69) is 24.1 Å². The number of hydrogen-bond donors (Lipinski definition) is 1. The molecule has 0 radical (unpaired) electrons. The minimum atomic E-state index is -3.41. The molecule has 0 atom stereocenters. The second kappa shape index (κ2) is 6.10. The largest absolute Gasteiger partial charge is 0.373 e. The summed E-state index contributed by atoms with van der Waals surface area (Å²) < 4.78 is 27.2. The van der Waals surface area contributed by atoms with Crippen molar-refractivity contribution in [2.45, 2.75) is 44.0 Å². The Morgan fingerprint density at radius 3 is 2.70 bits per heavy atom. The Kier molecular flexibility index (Phi) is 4.65. The van der Waals surface area contributed by atoms with Crippen molar-refractivity contribution in [2.24, 2.45) is 5.92 Å². The molecule has 1 N–H and O–H groups in total. The fourth-order valence-corrected chi connectivity index (χ4v) is 3.80. The van der Waals surface area contributed by atoms with Gasteiger partial charge in [0.2, 0.25) is 10.0 Å².